The van der Waals surface area contributed by atoms with E-state index in [1.54, 1.807) is 0 Å². The molecule has 0 saturated heterocycles. The van der Waals surface area contributed by atoms with Gasteiger partial charge in [-0.05, 0) is 5.56 Å². The molecule has 96 valence electrons. The summed E-state index contributed by atoms with van der Waals surface area (Å²) in [6, 6.07) is 9.22. The Morgan fingerprint density at radius 2 is 2.06 bits per heavy atom. The molecule has 0 unspecified atom stereocenters. The van der Waals surface area contributed by atoms with Gasteiger partial charge in [-0.15, -0.1) is 0 Å². The van der Waals surface area contributed by atoms with Crippen LogP contribution in [-0.4, -0.2) is 13.4 Å². The van der Waals surface area contributed by atoms with E-state index >= 15 is 0 Å². The fraction of sp³-hybridized carbons (Fsp3) is 0.100. The second-order valence-corrected chi connectivity index (χ2v) is 6.78. The third kappa shape index (κ3) is 3.50. The Kier molecular flexibility index (Phi) is 4.31. The van der Waals surface area contributed by atoms with Crippen molar-refractivity contribution in [3.8, 4) is 0 Å². The molecule has 0 amide bonds. The molecule has 2 rings (SSSR count). The second-order valence-electron chi connectivity index (χ2n) is 3.29. The van der Waals surface area contributed by atoms with E-state index in [9.17, 15) is 8.42 Å². The third-order valence-electron chi connectivity index (χ3n) is 1.97. The van der Waals surface area contributed by atoms with E-state index in [4.69, 9.17) is 16.4 Å². The first kappa shape index (κ1) is 13.4. The summed E-state index contributed by atoms with van der Waals surface area (Å²) >= 11 is 6.44. The molecule has 8 heteroatoms. The quantitative estimate of drug-likeness (QED) is 0.860. The van der Waals surface area contributed by atoms with Crippen LogP contribution in [0.2, 0.25) is 4.47 Å². The molecule has 0 aliphatic rings. The molecule has 0 saturated carbocycles. The zero-order chi connectivity index (χ0) is 13.0. The average molecular weight is 305 g/mol. The maximum Gasteiger partial charge on any atom is 0.273 e. The van der Waals surface area contributed by atoms with Gasteiger partial charge in [-0.1, -0.05) is 58.2 Å². The van der Waals surface area contributed by atoms with Crippen LogP contribution >= 0.6 is 22.9 Å². The van der Waals surface area contributed by atoms with Crippen LogP contribution in [0.4, 0.5) is 0 Å². The van der Waals surface area contributed by atoms with Crippen molar-refractivity contribution in [1.29, 1.82) is 0 Å². The predicted molar refractivity (Wildman–Crippen MR) is 68.7 cm³/mol. The van der Waals surface area contributed by atoms with E-state index in [2.05, 4.69) is 4.98 Å². The highest BCUT2D eigenvalue weighted by Gasteiger charge is 2.17. The fourth-order valence-electron chi connectivity index (χ4n) is 1.17. The fourth-order valence-corrected chi connectivity index (χ4v) is 3.25. The monoisotopic (exact) mass is 304 g/mol. The van der Waals surface area contributed by atoms with Crippen LogP contribution in [0, 0.1) is 0 Å². The molecule has 0 aliphatic carbocycles. The van der Waals surface area contributed by atoms with Gasteiger partial charge in [0.1, 0.15) is 0 Å². The van der Waals surface area contributed by atoms with Crippen LogP contribution in [-0.2, 0) is 21.5 Å². The first-order chi connectivity index (χ1) is 8.58. The third-order valence-corrected chi connectivity index (χ3v) is 4.76. The van der Waals surface area contributed by atoms with Gasteiger partial charge in [0.15, 0.2) is 8.68 Å². The molecule has 18 heavy (non-hydrogen) atoms. The number of nitrogens with zero attached hydrogens (tertiary/aromatic N) is 1. The predicted octanol–water partition coefficient (Wildman–Crippen LogP) is 2.21. The summed E-state index contributed by atoms with van der Waals surface area (Å²) < 4.78 is 23.6. The van der Waals surface area contributed by atoms with Gasteiger partial charge in [0, 0.05) is 0 Å². The van der Waals surface area contributed by atoms with Crippen molar-refractivity contribution < 1.29 is 13.3 Å². The summed E-state index contributed by atoms with van der Waals surface area (Å²) in [4.78, 5) is 10.6. The molecule has 1 heterocycles. The van der Waals surface area contributed by atoms with Crippen molar-refractivity contribution in [2.45, 2.75) is 10.8 Å². The number of halogens is 1. The van der Waals surface area contributed by atoms with Gasteiger partial charge in [0.25, 0.3) is 10.0 Å². The molecule has 1 aromatic heterocycles. The largest absolute Gasteiger partial charge is 0.282 e. The zero-order valence-corrected chi connectivity index (χ0v) is 11.4. The molecule has 1 aromatic carbocycles. The Hall–Kier alpha value is -0.990. The van der Waals surface area contributed by atoms with Gasteiger partial charge in [0.2, 0.25) is 0 Å². The Labute approximate surface area is 113 Å². The van der Waals surface area contributed by atoms with Crippen molar-refractivity contribution in [3.05, 3.63) is 46.6 Å². The van der Waals surface area contributed by atoms with E-state index in [-0.39, 0.29) is 15.3 Å². The summed E-state index contributed by atoms with van der Waals surface area (Å²) in [7, 11) is -3.71. The minimum atomic E-state index is -3.71. The highest BCUT2D eigenvalue weighted by atomic mass is 35.5. The lowest BCUT2D eigenvalue weighted by Crippen LogP contribution is -2.23. The maximum absolute atomic E-state index is 11.7. The van der Waals surface area contributed by atoms with E-state index in [0.717, 1.165) is 16.9 Å². The van der Waals surface area contributed by atoms with Gasteiger partial charge in [-0.2, -0.15) is 0 Å². The number of sulfonamides is 1. The number of hydrogen-bond acceptors (Lipinski definition) is 5. The highest BCUT2D eigenvalue weighted by Crippen LogP contribution is 2.22. The van der Waals surface area contributed by atoms with Crippen LogP contribution in [0.1, 0.15) is 5.56 Å². The molecule has 0 radical (unpaired) electrons. The molecule has 0 aliphatic heterocycles. The minimum absolute atomic E-state index is 0.0144. The first-order valence-electron chi connectivity index (χ1n) is 4.87. The lowest BCUT2D eigenvalue weighted by Gasteiger charge is -2.04. The molecular formula is C10H9ClN2O3S2. The van der Waals surface area contributed by atoms with Crippen molar-refractivity contribution in [2.24, 2.45) is 0 Å². The second kappa shape index (κ2) is 5.77. The van der Waals surface area contributed by atoms with E-state index in [1.165, 1.54) is 6.20 Å². The van der Waals surface area contributed by atoms with Crippen molar-refractivity contribution in [2.75, 3.05) is 0 Å². The van der Waals surface area contributed by atoms with Crippen molar-refractivity contribution in [3.63, 3.8) is 0 Å². The molecule has 0 spiro atoms. The van der Waals surface area contributed by atoms with Gasteiger partial charge < -0.3 is 0 Å². The first-order valence-corrected chi connectivity index (χ1v) is 7.54. The van der Waals surface area contributed by atoms with Gasteiger partial charge in [-0.3, -0.25) is 4.84 Å². The topological polar surface area (TPSA) is 68.3 Å². The average Bonchev–Trinajstić information content (AvgIpc) is 2.78. The number of benzene rings is 1. The highest BCUT2D eigenvalue weighted by molar-refractivity contribution is 7.91. The van der Waals surface area contributed by atoms with Gasteiger partial charge in [-0.25, -0.2) is 13.4 Å². The lowest BCUT2D eigenvalue weighted by atomic mass is 10.2. The molecule has 5 nitrogen and oxygen atoms in total. The number of aromatic nitrogens is 1. The van der Waals surface area contributed by atoms with E-state index in [1.807, 2.05) is 35.2 Å². The maximum atomic E-state index is 11.7. The molecule has 0 bridgehead atoms. The smallest absolute Gasteiger partial charge is 0.273 e. The van der Waals surface area contributed by atoms with Crippen LogP contribution in [0.15, 0.2) is 40.7 Å². The number of thiazole rings is 1. The molecule has 0 fully saturated rings. The number of nitrogens with one attached hydrogen (secondary N) is 1. The summed E-state index contributed by atoms with van der Waals surface area (Å²) in [5.41, 5.74) is 0.863. The van der Waals surface area contributed by atoms with E-state index < -0.39 is 10.0 Å². The van der Waals surface area contributed by atoms with Crippen molar-refractivity contribution >= 4 is 33.0 Å². The minimum Gasteiger partial charge on any atom is -0.282 e. The summed E-state index contributed by atoms with van der Waals surface area (Å²) in [5.74, 6) is 0. The Morgan fingerprint density at radius 3 is 2.67 bits per heavy atom. The summed E-state index contributed by atoms with van der Waals surface area (Å²) in [5, 5.41) is 0. The molecular weight excluding hydrogens is 296 g/mol. The van der Waals surface area contributed by atoms with Gasteiger partial charge in [0.05, 0.1) is 12.8 Å². The molecule has 0 atom stereocenters. The standard InChI is InChI=1S/C10H9ClN2O3S2/c11-10-12-6-9(17-10)18(14,15)13-16-7-8-4-2-1-3-5-8/h1-6,13H,7H2. The van der Waals surface area contributed by atoms with Crippen LogP contribution in [0.5, 0.6) is 0 Å². The van der Waals surface area contributed by atoms with Crippen LogP contribution in [0.25, 0.3) is 0 Å². The number of hydrogen-bond donors (Lipinski definition) is 1. The summed E-state index contributed by atoms with van der Waals surface area (Å²) in [6.45, 7) is 0.145. The normalized spacial score (nSPS) is 11.6. The lowest BCUT2D eigenvalue weighted by molar-refractivity contribution is 0.0796. The number of rotatable bonds is 5. The Morgan fingerprint density at radius 1 is 1.33 bits per heavy atom. The zero-order valence-electron chi connectivity index (χ0n) is 9.04. The van der Waals surface area contributed by atoms with E-state index in [0.29, 0.717) is 0 Å². The molecule has 2 aromatic rings. The van der Waals surface area contributed by atoms with Gasteiger partial charge >= 0.3 is 0 Å². The molecule has 1 N–H and O–H groups in total. The SMILES string of the molecule is O=S(=O)(NOCc1ccccc1)c1cnc(Cl)s1. The van der Waals surface area contributed by atoms with Crippen LogP contribution < -0.4 is 4.89 Å². The Balaban J connectivity index is 1.94. The Bertz CT molecular complexity index is 613. The summed E-state index contributed by atoms with van der Waals surface area (Å²) in [6.07, 6.45) is 1.18. The van der Waals surface area contributed by atoms with Crippen molar-refractivity contribution in [1.82, 2.24) is 9.87 Å². The van der Waals surface area contributed by atoms with Crippen LogP contribution in [0.3, 0.4) is 0 Å².